The van der Waals surface area contributed by atoms with E-state index in [4.69, 9.17) is 5.73 Å². The molecule has 0 fully saturated rings. The van der Waals surface area contributed by atoms with Gasteiger partial charge in [-0.15, -0.1) is 0 Å². The molecule has 0 saturated heterocycles. The van der Waals surface area contributed by atoms with E-state index in [0.717, 1.165) is 9.79 Å². The maximum Gasteiger partial charge on any atom is 0.252 e. The highest BCUT2D eigenvalue weighted by atomic mass is 32.2. The molecule has 0 saturated carbocycles. The molecule has 0 aliphatic rings. The van der Waals surface area contributed by atoms with Crippen molar-refractivity contribution in [3.8, 4) is 0 Å². The highest BCUT2D eigenvalue weighted by Gasteiger charge is 2.11. The van der Waals surface area contributed by atoms with Gasteiger partial charge >= 0.3 is 0 Å². The Kier molecular flexibility index (Phi) is 3.89. The summed E-state index contributed by atoms with van der Waals surface area (Å²) in [4.78, 5) is 13.7. The van der Waals surface area contributed by atoms with E-state index in [1.807, 2.05) is 36.4 Å². The third-order valence-electron chi connectivity index (χ3n) is 2.45. The molecule has 2 aromatic carbocycles. The Labute approximate surface area is 110 Å². The third-order valence-corrected chi connectivity index (χ3v) is 3.51. The molecule has 0 bridgehead atoms. The van der Waals surface area contributed by atoms with Crippen LogP contribution in [0, 0.1) is 0 Å². The van der Waals surface area contributed by atoms with Gasteiger partial charge in [-0.25, -0.2) is 0 Å². The molecule has 18 heavy (non-hydrogen) atoms. The first-order valence-electron chi connectivity index (χ1n) is 5.55. The van der Waals surface area contributed by atoms with Gasteiger partial charge in [-0.3, -0.25) is 4.79 Å². The van der Waals surface area contributed by atoms with Gasteiger partial charge in [0.25, 0.3) is 5.91 Å². The molecule has 2 rings (SSSR count). The fourth-order valence-corrected chi connectivity index (χ4v) is 2.57. The summed E-state index contributed by atoms with van der Waals surface area (Å²) in [5, 5.41) is 2.63. The van der Waals surface area contributed by atoms with Crippen LogP contribution in [0.3, 0.4) is 0 Å². The van der Waals surface area contributed by atoms with Crippen LogP contribution in [0.2, 0.25) is 0 Å². The average Bonchev–Trinajstić information content (AvgIpc) is 2.39. The molecule has 92 valence electrons. The minimum absolute atomic E-state index is 0.103. The fraction of sp³-hybridized carbons (Fsp3) is 0.0714. The van der Waals surface area contributed by atoms with Crippen molar-refractivity contribution < 1.29 is 4.79 Å². The Hall–Kier alpha value is -1.94. The smallest absolute Gasteiger partial charge is 0.252 e. The molecule has 0 heterocycles. The molecule has 0 radical (unpaired) electrons. The Bertz CT molecular complexity index is 555. The van der Waals surface area contributed by atoms with Crippen LogP contribution in [-0.4, -0.2) is 13.0 Å². The van der Waals surface area contributed by atoms with Crippen LogP contribution in [0.4, 0.5) is 5.69 Å². The molecule has 0 aliphatic carbocycles. The van der Waals surface area contributed by atoms with Gasteiger partial charge in [0.2, 0.25) is 0 Å². The van der Waals surface area contributed by atoms with E-state index in [0.29, 0.717) is 11.3 Å². The van der Waals surface area contributed by atoms with Crippen LogP contribution in [0.15, 0.2) is 58.3 Å². The van der Waals surface area contributed by atoms with Gasteiger partial charge in [0, 0.05) is 22.5 Å². The van der Waals surface area contributed by atoms with Gasteiger partial charge in [0.15, 0.2) is 0 Å². The Morgan fingerprint density at radius 2 is 1.89 bits per heavy atom. The largest absolute Gasteiger partial charge is 0.399 e. The lowest BCUT2D eigenvalue weighted by atomic mass is 10.2. The maximum atomic E-state index is 11.8. The second-order valence-electron chi connectivity index (χ2n) is 3.75. The van der Waals surface area contributed by atoms with Crippen molar-refractivity contribution in [2.75, 3.05) is 12.8 Å². The maximum absolute atomic E-state index is 11.8. The van der Waals surface area contributed by atoms with Crippen molar-refractivity contribution in [1.29, 1.82) is 0 Å². The van der Waals surface area contributed by atoms with Crippen LogP contribution in [0.25, 0.3) is 0 Å². The SMILES string of the molecule is CNC(=O)c1ccc(N)cc1Sc1ccccc1. The summed E-state index contributed by atoms with van der Waals surface area (Å²) >= 11 is 1.53. The summed E-state index contributed by atoms with van der Waals surface area (Å²) in [6.07, 6.45) is 0. The molecular weight excluding hydrogens is 244 g/mol. The number of nitrogen functional groups attached to an aromatic ring is 1. The number of benzene rings is 2. The summed E-state index contributed by atoms with van der Waals surface area (Å²) < 4.78 is 0. The number of hydrogen-bond donors (Lipinski definition) is 2. The quantitative estimate of drug-likeness (QED) is 0.832. The second-order valence-corrected chi connectivity index (χ2v) is 4.87. The van der Waals surface area contributed by atoms with Crippen LogP contribution in [0.5, 0.6) is 0 Å². The van der Waals surface area contributed by atoms with E-state index >= 15 is 0 Å². The Morgan fingerprint density at radius 3 is 2.56 bits per heavy atom. The standard InChI is InChI=1S/C14H14N2OS/c1-16-14(17)12-8-7-10(15)9-13(12)18-11-5-3-2-4-6-11/h2-9H,15H2,1H3,(H,16,17). The van der Waals surface area contributed by atoms with E-state index in [2.05, 4.69) is 5.32 Å². The second kappa shape index (κ2) is 5.60. The van der Waals surface area contributed by atoms with Crippen molar-refractivity contribution in [3.63, 3.8) is 0 Å². The van der Waals surface area contributed by atoms with Crippen molar-refractivity contribution >= 4 is 23.4 Å². The minimum atomic E-state index is -0.103. The monoisotopic (exact) mass is 258 g/mol. The van der Waals surface area contributed by atoms with Gasteiger partial charge in [-0.2, -0.15) is 0 Å². The third kappa shape index (κ3) is 2.84. The number of carbonyl (C=O) groups is 1. The van der Waals surface area contributed by atoms with E-state index in [-0.39, 0.29) is 5.91 Å². The van der Waals surface area contributed by atoms with Gasteiger partial charge in [0.05, 0.1) is 5.56 Å². The van der Waals surface area contributed by atoms with Gasteiger partial charge in [0.1, 0.15) is 0 Å². The number of carbonyl (C=O) groups excluding carboxylic acids is 1. The number of hydrogen-bond acceptors (Lipinski definition) is 3. The lowest BCUT2D eigenvalue weighted by Gasteiger charge is -2.09. The summed E-state index contributed by atoms with van der Waals surface area (Å²) in [6, 6.07) is 15.2. The van der Waals surface area contributed by atoms with E-state index in [1.54, 1.807) is 19.2 Å². The van der Waals surface area contributed by atoms with Crippen molar-refractivity contribution in [2.45, 2.75) is 9.79 Å². The highest BCUT2D eigenvalue weighted by molar-refractivity contribution is 7.99. The molecular formula is C14H14N2OS. The predicted octanol–water partition coefficient (Wildman–Crippen LogP) is 2.78. The predicted molar refractivity (Wildman–Crippen MR) is 74.8 cm³/mol. The van der Waals surface area contributed by atoms with Gasteiger partial charge < -0.3 is 11.1 Å². The molecule has 3 nitrogen and oxygen atoms in total. The molecule has 4 heteroatoms. The van der Waals surface area contributed by atoms with E-state index in [9.17, 15) is 4.79 Å². The first kappa shape index (κ1) is 12.5. The van der Waals surface area contributed by atoms with Gasteiger partial charge in [-0.1, -0.05) is 30.0 Å². The van der Waals surface area contributed by atoms with Crippen LogP contribution >= 0.6 is 11.8 Å². The van der Waals surface area contributed by atoms with E-state index in [1.165, 1.54) is 11.8 Å². The van der Waals surface area contributed by atoms with Gasteiger partial charge in [-0.05, 0) is 30.3 Å². The average molecular weight is 258 g/mol. The first-order valence-corrected chi connectivity index (χ1v) is 6.37. The lowest BCUT2D eigenvalue weighted by Crippen LogP contribution is -2.18. The molecule has 1 amide bonds. The molecule has 0 unspecified atom stereocenters. The summed E-state index contributed by atoms with van der Waals surface area (Å²) in [5.74, 6) is -0.103. The zero-order chi connectivity index (χ0) is 13.0. The van der Waals surface area contributed by atoms with Crippen molar-refractivity contribution in [2.24, 2.45) is 0 Å². The van der Waals surface area contributed by atoms with E-state index < -0.39 is 0 Å². The van der Waals surface area contributed by atoms with Crippen molar-refractivity contribution in [3.05, 3.63) is 54.1 Å². The zero-order valence-corrected chi connectivity index (χ0v) is 10.8. The molecule has 0 aromatic heterocycles. The Balaban J connectivity index is 2.36. The van der Waals surface area contributed by atoms with Crippen LogP contribution in [0.1, 0.15) is 10.4 Å². The Morgan fingerprint density at radius 1 is 1.17 bits per heavy atom. The first-order chi connectivity index (χ1) is 8.70. The highest BCUT2D eigenvalue weighted by Crippen LogP contribution is 2.31. The number of nitrogens with two attached hydrogens (primary N) is 1. The zero-order valence-electron chi connectivity index (χ0n) is 10.0. The molecule has 0 atom stereocenters. The summed E-state index contributed by atoms with van der Waals surface area (Å²) in [6.45, 7) is 0. The summed E-state index contributed by atoms with van der Waals surface area (Å²) in [7, 11) is 1.62. The molecule has 2 aromatic rings. The minimum Gasteiger partial charge on any atom is -0.399 e. The van der Waals surface area contributed by atoms with Crippen LogP contribution < -0.4 is 11.1 Å². The normalized spacial score (nSPS) is 10.1. The van der Waals surface area contributed by atoms with Crippen LogP contribution in [-0.2, 0) is 0 Å². The van der Waals surface area contributed by atoms with Crippen molar-refractivity contribution in [1.82, 2.24) is 5.32 Å². The number of amides is 1. The molecule has 0 spiro atoms. The molecule has 3 N–H and O–H groups in total. The lowest BCUT2D eigenvalue weighted by molar-refractivity contribution is 0.0960. The topological polar surface area (TPSA) is 55.1 Å². The summed E-state index contributed by atoms with van der Waals surface area (Å²) in [5.41, 5.74) is 7.07. The fourth-order valence-electron chi connectivity index (χ4n) is 1.56. The number of nitrogens with one attached hydrogen (secondary N) is 1. The molecule has 0 aliphatic heterocycles. The number of rotatable bonds is 3. The number of anilines is 1.